The minimum Gasteiger partial charge on any atom is -0.412 e. The highest BCUT2D eigenvalue weighted by Gasteiger charge is 1.70. The van der Waals surface area contributed by atoms with Crippen molar-refractivity contribution >= 4 is 37.2 Å². The Hall–Kier alpha value is -0.330. The molecule has 0 fully saturated rings. The SMILES string of the molecule is Cl.Cl.Cl.O.O.O=c1nccc[nH]1. The van der Waals surface area contributed by atoms with Crippen molar-refractivity contribution in [2.45, 2.75) is 0 Å². The lowest BCUT2D eigenvalue weighted by atomic mass is 10.7. The summed E-state index contributed by atoms with van der Waals surface area (Å²) < 4.78 is 0. The number of halogens is 3. The molecule has 0 radical (unpaired) electrons. The first kappa shape index (κ1) is 29.9. The van der Waals surface area contributed by atoms with Crippen molar-refractivity contribution in [2.75, 3.05) is 0 Å². The second-order valence-corrected chi connectivity index (χ2v) is 1.09. The molecule has 0 saturated carbocycles. The summed E-state index contributed by atoms with van der Waals surface area (Å²) in [6.07, 6.45) is 2.98. The summed E-state index contributed by atoms with van der Waals surface area (Å²) in [5.74, 6) is 0. The Morgan fingerprint density at radius 1 is 1.17 bits per heavy atom. The number of H-pyrrole nitrogens is 1. The van der Waals surface area contributed by atoms with E-state index in [1.165, 1.54) is 12.4 Å². The van der Waals surface area contributed by atoms with Gasteiger partial charge in [-0.05, 0) is 6.07 Å². The van der Waals surface area contributed by atoms with Crippen molar-refractivity contribution in [2.24, 2.45) is 0 Å². The normalized spacial score (nSPS) is 5.00. The summed E-state index contributed by atoms with van der Waals surface area (Å²) in [4.78, 5) is 15.8. The van der Waals surface area contributed by atoms with Crippen LogP contribution in [0.25, 0.3) is 0 Å². The Balaban J connectivity index is -0.0000000327. The minimum atomic E-state index is -0.303. The molecule has 1 rings (SSSR count). The van der Waals surface area contributed by atoms with Crippen LogP contribution in [0.2, 0.25) is 0 Å². The molecule has 1 heterocycles. The monoisotopic (exact) mass is 240 g/mol. The maximum absolute atomic E-state index is 10.1. The van der Waals surface area contributed by atoms with Crippen LogP contribution in [0.3, 0.4) is 0 Å². The van der Waals surface area contributed by atoms with Gasteiger partial charge in [0.2, 0.25) is 0 Å². The topological polar surface area (TPSA) is 109 Å². The highest BCUT2D eigenvalue weighted by Crippen LogP contribution is 1.60. The first-order valence-electron chi connectivity index (χ1n) is 1.89. The summed E-state index contributed by atoms with van der Waals surface area (Å²) in [5, 5.41) is 0. The second-order valence-electron chi connectivity index (χ2n) is 1.09. The molecule has 0 atom stereocenters. The molecule has 0 aromatic carbocycles. The van der Waals surface area contributed by atoms with Gasteiger partial charge in [-0.1, -0.05) is 0 Å². The molecular formula is C4H11Cl3N2O3. The zero-order valence-corrected chi connectivity index (χ0v) is 8.26. The molecular weight excluding hydrogens is 230 g/mol. The van der Waals surface area contributed by atoms with Crippen LogP contribution in [-0.2, 0) is 0 Å². The molecule has 5 N–H and O–H groups in total. The third kappa shape index (κ3) is 12.4. The fourth-order valence-electron chi connectivity index (χ4n) is 0.310. The van der Waals surface area contributed by atoms with E-state index in [9.17, 15) is 4.79 Å². The third-order valence-electron chi connectivity index (χ3n) is 0.581. The molecule has 0 spiro atoms. The minimum absolute atomic E-state index is 0. The van der Waals surface area contributed by atoms with Gasteiger partial charge in [0.15, 0.2) is 0 Å². The van der Waals surface area contributed by atoms with E-state index in [4.69, 9.17) is 0 Å². The molecule has 8 heteroatoms. The predicted molar refractivity (Wildman–Crippen MR) is 53.8 cm³/mol. The summed E-state index contributed by atoms with van der Waals surface area (Å²) in [7, 11) is 0. The van der Waals surface area contributed by atoms with Gasteiger partial charge in [0.05, 0.1) is 0 Å². The highest BCUT2D eigenvalue weighted by molar-refractivity contribution is 5.86. The van der Waals surface area contributed by atoms with Crippen molar-refractivity contribution in [1.29, 1.82) is 0 Å². The van der Waals surface area contributed by atoms with Crippen molar-refractivity contribution in [1.82, 2.24) is 9.97 Å². The molecule has 12 heavy (non-hydrogen) atoms. The van der Waals surface area contributed by atoms with E-state index in [1.807, 2.05) is 0 Å². The first-order chi connectivity index (χ1) is 3.39. The van der Waals surface area contributed by atoms with Crippen LogP contribution >= 0.6 is 37.2 Å². The quantitative estimate of drug-likeness (QED) is 0.653. The Morgan fingerprint density at radius 2 is 1.67 bits per heavy atom. The summed E-state index contributed by atoms with van der Waals surface area (Å²) in [5.41, 5.74) is -0.303. The van der Waals surface area contributed by atoms with Crippen LogP contribution in [0.15, 0.2) is 23.3 Å². The fraction of sp³-hybridized carbons (Fsp3) is 0. The van der Waals surface area contributed by atoms with Gasteiger partial charge in [0, 0.05) is 12.4 Å². The lowest BCUT2D eigenvalue weighted by Gasteiger charge is -1.72. The molecule has 1 aromatic rings. The highest BCUT2D eigenvalue weighted by atomic mass is 35.5. The van der Waals surface area contributed by atoms with Crippen molar-refractivity contribution in [3.63, 3.8) is 0 Å². The maximum atomic E-state index is 10.1. The van der Waals surface area contributed by atoms with Crippen LogP contribution < -0.4 is 5.69 Å². The molecule has 76 valence electrons. The van der Waals surface area contributed by atoms with Crippen molar-refractivity contribution in [3.8, 4) is 0 Å². The zero-order chi connectivity index (χ0) is 5.11. The lowest BCUT2D eigenvalue weighted by Crippen LogP contribution is -2.05. The van der Waals surface area contributed by atoms with E-state index in [1.54, 1.807) is 6.07 Å². The third-order valence-corrected chi connectivity index (χ3v) is 0.581. The average Bonchev–Trinajstić information content (AvgIpc) is 1.69. The lowest BCUT2D eigenvalue weighted by molar-refractivity contribution is 0.823. The molecule has 0 aliphatic heterocycles. The van der Waals surface area contributed by atoms with E-state index in [0.717, 1.165) is 0 Å². The van der Waals surface area contributed by atoms with Gasteiger partial charge < -0.3 is 15.9 Å². The molecule has 1 aromatic heterocycles. The number of hydrogen-bond donors (Lipinski definition) is 1. The Morgan fingerprint density at radius 3 is 1.83 bits per heavy atom. The van der Waals surface area contributed by atoms with Gasteiger partial charge >= 0.3 is 5.69 Å². The number of rotatable bonds is 0. The van der Waals surface area contributed by atoms with Gasteiger partial charge in [0.25, 0.3) is 0 Å². The fourth-order valence-corrected chi connectivity index (χ4v) is 0.310. The van der Waals surface area contributed by atoms with E-state index in [0.29, 0.717) is 0 Å². The van der Waals surface area contributed by atoms with E-state index >= 15 is 0 Å². The first-order valence-corrected chi connectivity index (χ1v) is 1.89. The van der Waals surface area contributed by atoms with Gasteiger partial charge in [-0.25, -0.2) is 9.78 Å². The van der Waals surface area contributed by atoms with E-state index in [2.05, 4.69) is 9.97 Å². The predicted octanol–water partition coefficient (Wildman–Crippen LogP) is -0.614. The smallest absolute Gasteiger partial charge is 0.344 e. The summed E-state index contributed by atoms with van der Waals surface area (Å²) in [6, 6.07) is 1.65. The van der Waals surface area contributed by atoms with Crippen LogP contribution in [0, 0.1) is 0 Å². The number of aromatic nitrogens is 2. The van der Waals surface area contributed by atoms with Crippen LogP contribution in [0.1, 0.15) is 0 Å². The van der Waals surface area contributed by atoms with Gasteiger partial charge in [0.1, 0.15) is 0 Å². The van der Waals surface area contributed by atoms with Crippen LogP contribution in [0.5, 0.6) is 0 Å². The van der Waals surface area contributed by atoms with E-state index < -0.39 is 0 Å². The van der Waals surface area contributed by atoms with Gasteiger partial charge in [-0.3, -0.25) is 0 Å². The number of nitrogens with zero attached hydrogens (tertiary/aromatic N) is 1. The second kappa shape index (κ2) is 17.0. The van der Waals surface area contributed by atoms with Crippen molar-refractivity contribution in [3.05, 3.63) is 28.9 Å². The Labute approximate surface area is 87.5 Å². The number of nitrogens with one attached hydrogen (secondary N) is 1. The molecule has 0 aliphatic carbocycles. The molecule has 5 nitrogen and oxygen atoms in total. The maximum Gasteiger partial charge on any atom is 0.344 e. The molecule has 0 saturated heterocycles. The summed E-state index contributed by atoms with van der Waals surface area (Å²) in [6.45, 7) is 0. The number of hydrogen-bond acceptors (Lipinski definition) is 2. The molecule has 0 aliphatic rings. The van der Waals surface area contributed by atoms with Crippen LogP contribution in [-0.4, -0.2) is 20.9 Å². The van der Waals surface area contributed by atoms with Crippen molar-refractivity contribution < 1.29 is 11.0 Å². The van der Waals surface area contributed by atoms with Crippen LogP contribution in [0.4, 0.5) is 0 Å². The average molecular weight is 242 g/mol. The molecule has 0 bridgehead atoms. The summed E-state index contributed by atoms with van der Waals surface area (Å²) >= 11 is 0. The Kier molecular flexibility index (Phi) is 42.2. The zero-order valence-electron chi connectivity index (χ0n) is 5.81. The number of aromatic amines is 1. The largest absolute Gasteiger partial charge is 0.412 e. The van der Waals surface area contributed by atoms with E-state index in [-0.39, 0.29) is 53.9 Å². The molecule has 0 unspecified atom stereocenters. The molecule has 0 amide bonds. The standard InChI is InChI=1S/C4H4N2O.3ClH.2H2O/c7-4-5-2-1-3-6-4;;;;;/h1-3H,(H,5,6,7);3*1H;2*1H2. The van der Waals surface area contributed by atoms with Gasteiger partial charge in [-0.15, -0.1) is 37.2 Å². The van der Waals surface area contributed by atoms with Gasteiger partial charge in [-0.2, -0.15) is 0 Å². The Bertz CT molecular complexity index is 189.